The molecule has 1 heterocycles. The van der Waals surface area contributed by atoms with Gasteiger partial charge >= 0.3 is 0 Å². The number of halogens is 1. The lowest BCUT2D eigenvalue weighted by Gasteiger charge is -2.21. The Balaban J connectivity index is 1.61. The third kappa shape index (κ3) is 3.81. The standard InChI is InChI=1S/C22H25FN4O/c1-14-15(2)27(19-5-3-4-17(23)10-19)22(20(14)11-24)25-21(28)13-26(18-8-9-18)12-16-6-7-16/h3-5,10,16,18H,6-9,12-13H2,1-2H3,(H,25,28). The van der Waals surface area contributed by atoms with Crippen LogP contribution in [0.1, 0.15) is 42.5 Å². The fourth-order valence-electron chi connectivity index (χ4n) is 3.77. The molecule has 1 aromatic carbocycles. The summed E-state index contributed by atoms with van der Waals surface area (Å²) in [6.07, 6.45) is 4.82. The van der Waals surface area contributed by atoms with Crippen molar-refractivity contribution in [3.63, 3.8) is 0 Å². The van der Waals surface area contributed by atoms with E-state index in [0.717, 1.165) is 36.6 Å². The molecule has 6 heteroatoms. The van der Waals surface area contributed by atoms with E-state index < -0.39 is 0 Å². The lowest BCUT2D eigenvalue weighted by molar-refractivity contribution is -0.117. The number of nitrogens with zero attached hydrogens (tertiary/aromatic N) is 3. The SMILES string of the molecule is Cc1c(C#N)c(NC(=O)CN(CC2CC2)C2CC2)n(-c2cccc(F)c2)c1C. The fourth-order valence-corrected chi connectivity index (χ4v) is 3.77. The first kappa shape index (κ1) is 18.7. The van der Waals surface area contributed by atoms with E-state index >= 15 is 0 Å². The Morgan fingerprint density at radius 1 is 1.32 bits per heavy atom. The van der Waals surface area contributed by atoms with Crippen LogP contribution < -0.4 is 5.32 Å². The zero-order chi connectivity index (χ0) is 19.8. The van der Waals surface area contributed by atoms with Crippen molar-refractivity contribution in [1.29, 1.82) is 5.26 Å². The van der Waals surface area contributed by atoms with Gasteiger partial charge < -0.3 is 5.32 Å². The van der Waals surface area contributed by atoms with Gasteiger partial charge in [-0.25, -0.2) is 4.39 Å². The Bertz CT molecular complexity index is 950. The number of anilines is 1. The Morgan fingerprint density at radius 3 is 2.68 bits per heavy atom. The van der Waals surface area contributed by atoms with Crippen LogP contribution in [-0.4, -0.2) is 34.5 Å². The maximum Gasteiger partial charge on any atom is 0.239 e. The average Bonchev–Trinajstić information content (AvgIpc) is 3.55. The van der Waals surface area contributed by atoms with Crippen LogP contribution in [0, 0.1) is 36.9 Å². The molecule has 0 radical (unpaired) electrons. The molecule has 5 nitrogen and oxygen atoms in total. The number of amides is 1. The number of benzene rings is 1. The van der Waals surface area contributed by atoms with Crippen LogP contribution in [0.4, 0.5) is 10.2 Å². The van der Waals surface area contributed by atoms with Crippen molar-refractivity contribution in [2.24, 2.45) is 5.92 Å². The van der Waals surface area contributed by atoms with Crippen molar-refractivity contribution in [2.45, 2.75) is 45.6 Å². The number of carbonyl (C=O) groups excluding carboxylic acids is 1. The van der Waals surface area contributed by atoms with Gasteiger partial charge in [-0.2, -0.15) is 5.26 Å². The third-order valence-corrected chi connectivity index (χ3v) is 5.75. The minimum atomic E-state index is -0.358. The summed E-state index contributed by atoms with van der Waals surface area (Å²) in [7, 11) is 0. The molecule has 0 unspecified atom stereocenters. The molecule has 28 heavy (non-hydrogen) atoms. The highest BCUT2D eigenvalue weighted by molar-refractivity contribution is 5.93. The number of aromatic nitrogens is 1. The van der Waals surface area contributed by atoms with Gasteiger partial charge in [-0.05, 0) is 69.2 Å². The van der Waals surface area contributed by atoms with E-state index in [1.165, 1.54) is 25.0 Å². The Labute approximate surface area is 164 Å². The quantitative estimate of drug-likeness (QED) is 0.792. The maximum absolute atomic E-state index is 13.8. The summed E-state index contributed by atoms with van der Waals surface area (Å²) < 4.78 is 15.6. The predicted octanol–water partition coefficient (Wildman–Crippen LogP) is 3.92. The van der Waals surface area contributed by atoms with Crippen molar-refractivity contribution >= 4 is 11.7 Å². The van der Waals surface area contributed by atoms with Gasteiger partial charge in [-0.15, -0.1) is 0 Å². The van der Waals surface area contributed by atoms with Gasteiger partial charge in [0, 0.05) is 18.3 Å². The second-order valence-electron chi connectivity index (χ2n) is 8.01. The zero-order valence-corrected chi connectivity index (χ0v) is 16.3. The van der Waals surface area contributed by atoms with Gasteiger partial charge in [0.05, 0.1) is 17.8 Å². The molecule has 0 spiro atoms. The minimum Gasteiger partial charge on any atom is -0.310 e. The van der Waals surface area contributed by atoms with Crippen LogP contribution >= 0.6 is 0 Å². The van der Waals surface area contributed by atoms with Crippen molar-refractivity contribution in [3.05, 3.63) is 46.9 Å². The molecular weight excluding hydrogens is 355 g/mol. The summed E-state index contributed by atoms with van der Waals surface area (Å²) in [5, 5.41) is 12.6. The van der Waals surface area contributed by atoms with Crippen molar-refractivity contribution in [1.82, 2.24) is 9.47 Å². The van der Waals surface area contributed by atoms with E-state index in [1.54, 1.807) is 16.7 Å². The summed E-state index contributed by atoms with van der Waals surface area (Å²) in [5.41, 5.74) is 2.62. The van der Waals surface area contributed by atoms with Crippen LogP contribution in [0.2, 0.25) is 0 Å². The van der Waals surface area contributed by atoms with Crippen LogP contribution in [0.25, 0.3) is 5.69 Å². The van der Waals surface area contributed by atoms with Gasteiger partial charge in [0.1, 0.15) is 17.7 Å². The monoisotopic (exact) mass is 380 g/mol. The van der Waals surface area contributed by atoms with Gasteiger partial charge in [-0.1, -0.05) is 6.07 Å². The number of nitrogens with one attached hydrogen (secondary N) is 1. The fraction of sp³-hybridized carbons (Fsp3) is 0.455. The minimum absolute atomic E-state index is 0.126. The normalized spacial score (nSPS) is 16.2. The Hall–Kier alpha value is -2.65. The summed E-state index contributed by atoms with van der Waals surface area (Å²) in [6, 6.07) is 8.91. The smallest absolute Gasteiger partial charge is 0.239 e. The first-order valence-electron chi connectivity index (χ1n) is 9.89. The van der Waals surface area contributed by atoms with Crippen LogP contribution in [0.5, 0.6) is 0 Å². The van der Waals surface area contributed by atoms with E-state index in [9.17, 15) is 14.4 Å². The molecule has 0 aliphatic heterocycles. The molecule has 1 aromatic heterocycles. The molecule has 0 bridgehead atoms. The lowest BCUT2D eigenvalue weighted by Crippen LogP contribution is -2.36. The number of rotatable bonds is 7. The topological polar surface area (TPSA) is 61.1 Å². The molecular formula is C22H25FN4O. The number of carbonyl (C=O) groups is 1. The molecule has 2 aliphatic carbocycles. The van der Waals surface area contributed by atoms with Gasteiger partial charge in [0.15, 0.2) is 0 Å². The Kier molecular flexibility index (Phi) is 4.94. The highest BCUT2D eigenvalue weighted by atomic mass is 19.1. The van der Waals surface area contributed by atoms with Crippen molar-refractivity contribution in [2.75, 3.05) is 18.4 Å². The third-order valence-electron chi connectivity index (χ3n) is 5.75. The first-order valence-corrected chi connectivity index (χ1v) is 9.89. The van der Waals surface area contributed by atoms with Crippen LogP contribution in [0.3, 0.4) is 0 Å². The molecule has 0 atom stereocenters. The van der Waals surface area contributed by atoms with Gasteiger partial charge in [0.2, 0.25) is 5.91 Å². The summed E-state index contributed by atoms with van der Waals surface area (Å²) >= 11 is 0. The summed E-state index contributed by atoms with van der Waals surface area (Å²) in [4.78, 5) is 15.1. The van der Waals surface area contributed by atoms with E-state index in [-0.39, 0.29) is 11.7 Å². The molecule has 0 saturated heterocycles. The molecule has 4 rings (SSSR count). The summed E-state index contributed by atoms with van der Waals surface area (Å²) in [5.74, 6) is 0.668. The molecule has 2 aliphatic rings. The number of hydrogen-bond acceptors (Lipinski definition) is 3. The number of hydrogen-bond donors (Lipinski definition) is 1. The second-order valence-corrected chi connectivity index (χ2v) is 8.01. The molecule has 1 amide bonds. The second kappa shape index (κ2) is 7.40. The lowest BCUT2D eigenvalue weighted by atomic mass is 10.2. The predicted molar refractivity (Wildman–Crippen MR) is 106 cm³/mol. The van der Waals surface area contributed by atoms with E-state index in [4.69, 9.17) is 0 Å². The van der Waals surface area contributed by atoms with E-state index in [1.807, 2.05) is 13.8 Å². The Morgan fingerprint density at radius 2 is 2.07 bits per heavy atom. The van der Waals surface area contributed by atoms with Crippen LogP contribution in [0.15, 0.2) is 24.3 Å². The largest absolute Gasteiger partial charge is 0.310 e. The van der Waals surface area contributed by atoms with E-state index in [0.29, 0.717) is 29.7 Å². The van der Waals surface area contributed by atoms with Gasteiger partial charge in [0.25, 0.3) is 0 Å². The molecule has 2 aromatic rings. The average molecular weight is 380 g/mol. The molecule has 2 fully saturated rings. The first-order chi connectivity index (χ1) is 13.5. The van der Waals surface area contributed by atoms with Crippen molar-refractivity contribution in [3.8, 4) is 11.8 Å². The number of nitriles is 1. The highest BCUT2D eigenvalue weighted by Gasteiger charge is 2.34. The maximum atomic E-state index is 13.8. The zero-order valence-electron chi connectivity index (χ0n) is 16.3. The van der Waals surface area contributed by atoms with Crippen LogP contribution in [-0.2, 0) is 4.79 Å². The molecule has 1 N–H and O–H groups in total. The van der Waals surface area contributed by atoms with Crippen molar-refractivity contribution < 1.29 is 9.18 Å². The molecule has 2 saturated carbocycles. The highest BCUT2D eigenvalue weighted by Crippen LogP contribution is 2.35. The van der Waals surface area contributed by atoms with E-state index in [2.05, 4.69) is 16.3 Å². The van der Waals surface area contributed by atoms with Gasteiger partial charge in [-0.3, -0.25) is 14.3 Å². The summed E-state index contributed by atoms with van der Waals surface area (Å²) in [6.45, 7) is 5.04. The molecule has 146 valence electrons.